The molecule has 0 bridgehead atoms. The maximum absolute atomic E-state index is 12.7. The van der Waals surface area contributed by atoms with Gasteiger partial charge in [-0.05, 0) is 17.7 Å². The van der Waals surface area contributed by atoms with Crippen LogP contribution in [0.5, 0.6) is 5.75 Å². The van der Waals surface area contributed by atoms with Crippen molar-refractivity contribution in [3.8, 4) is 5.75 Å². The molecule has 1 aliphatic heterocycles. The van der Waals surface area contributed by atoms with Crippen LogP contribution in [0.2, 0.25) is 0 Å². The quantitative estimate of drug-likeness (QED) is 0.351. The maximum atomic E-state index is 12.7. The fourth-order valence-electron chi connectivity index (χ4n) is 3.09. The molecule has 26 heavy (non-hydrogen) atoms. The van der Waals surface area contributed by atoms with Crippen molar-refractivity contribution in [3.63, 3.8) is 0 Å². The SMILES string of the molecule is COc1ccc(C2C(=C(O)c3ccccc3)C(=O)C(=O)N2CCBr)cc1. The van der Waals surface area contributed by atoms with Crippen LogP contribution in [0.3, 0.4) is 0 Å². The summed E-state index contributed by atoms with van der Waals surface area (Å²) in [5, 5.41) is 11.3. The van der Waals surface area contributed by atoms with E-state index in [9.17, 15) is 14.7 Å². The number of alkyl halides is 1. The van der Waals surface area contributed by atoms with Crippen molar-refractivity contribution < 1.29 is 19.4 Å². The zero-order valence-corrected chi connectivity index (χ0v) is 15.8. The number of amides is 1. The molecule has 1 atom stereocenters. The highest BCUT2D eigenvalue weighted by atomic mass is 79.9. The number of rotatable bonds is 5. The molecular formula is C20H18BrNO4. The van der Waals surface area contributed by atoms with Gasteiger partial charge in [0.15, 0.2) is 0 Å². The fourth-order valence-corrected chi connectivity index (χ4v) is 3.47. The van der Waals surface area contributed by atoms with Gasteiger partial charge in [-0.25, -0.2) is 0 Å². The van der Waals surface area contributed by atoms with Gasteiger partial charge in [0, 0.05) is 17.4 Å². The molecule has 1 N–H and O–H groups in total. The van der Waals surface area contributed by atoms with Crippen molar-refractivity contribution in [2.45, 2.75) is 6.04 Å². The van der Waals surface area contributed by atoms with Crippen LogP contribution in [0.15, 0.2) is 60.2 Å². The largest absolute Gasteiger partial charge is 0.507 e. The lowest BCUT2D eigenvalue weighted by molar-refractivity contribution is -0.139. The predicted octanol–water partition coefficient (Wildman–Crippen LogP) is 3.51. The Kier molecular flexibility index (Phi) is 5.42. The Morgan fingerprint density at radius 1 is 1.12 bits per heavy atom. The molecule has 6 heteroatoms. The first-order valence-electron chi connectivity index (χ1n) is 8.12. The van der Waals surface area contributed by atoms with E-state index in [1.807, 2.05) is 6.07 Å². The third kappa shape index (κ3) is 3.24. The first kappa shape index (κ1) is 18.2. The number of Topliss-reactive ketones (excluding diaryl/α,β-unsaturated/α-hetero) is 1. The van der Waals surface area contributed by atoms with Crippen LogP contribution in [0.4, 0.5) is 0 Å². The van der Waals surface area contributed by atoms with E-state index in [-0.39, 0.29) is 11.3 Å². The summed E-state index contributed by atoms with van der Waals surface area (Å²) in [5.41, 5.74) is 1.35. The lowest BCUT2D eigenvalue weighted by atomic mass is 9.95. The van der Waals surface area contributed by atoms with E-state index in [1.165, 1.54) is 4.90 Å². The highest BCUT2D eigenvalue weighted by Crippen LogP contribution is 2.39. The molecule has 1 unspecified atom stereocenters. The summed E-state index contributed by atoms with van der Waals surface area (Å²) >= 11 is 3.33. The topological polar surface area (TPSA) is 66.8 Å². The van der Waals surface area contributed by atoms with Crippen LogP contribution >= 0.6 is 15.9 Å². The molecule has 0 radical (unpaired) electrons. The number of aliphatic hydroxyl groups excluding tert-OH is 1. The summed E-state index contributed by atoms with van der Waals surface area (Å²) in [6.07, 6.45) is 0. The molecule has 0 saturated carbocycles. The van der Waals surface area contributed by atoms with Crippen molar-refractivity contribution in [2.24, 2.45) is 0 Å². The lowest BCUT2D eigenvalue weighted by Crippen LogP contribution is -2.31. The van der Waals surface area contributed by atoms with Crippen LogP contribution in [0, 0.1) is 0 Å². The van der Waals surface area contributed by atoms with Gasteiger partial charge in [-0.1, -0.05) is 58.4 Å². The minimum Gasteiger partial charge on any atom is -0.507 e. The second-order valence-electron chi connectivity index (χ2n) is 5.82. The van der Waals surface area contributed by atoms with Crippen molar-refractivity contribution in [1.82, 2.24) is 4.90 Å². The summed E-state index contributed by atoms with van der Waals surface area (Å²) in [6, 6.07) is 15.3. The molecule has 134 valence electrons. The monoisotopic (exact) mass is 415 g/mol. The fraction of sp³-hybridized carbons (Fsp3) is 0.200. The average molecular weight is 416 g/mol. The first-order valence-corrected chi connectivity index (χ1v) is 9.24. The molecule has 0 aromatic heterocycles. The van der Waals surface area contributed by atoms with E-state index in [2.05, 4.69) is 15.9 Å². The maximum Gasteiger partial charge on any atom is 0.295 e. The Morgan fingerprint density at radius 2 is 1.77 bits per heavy atom. The Morgan fingerprint density at radius 3 is 2.35 bits per heavy atom. The Bertz CT molecular complexity index is 846. The molecule has 1 fully saturated rings. The highest BCUT2D eigenvalue weighted by Gasteiger charge is 2.45. The van der Waals surface area contributed by atoms with Gasteiger partial charge in [0.2, 0.25) is 0 Å². The molecule has 1 aliphatic rings. The zero-order valence-electron chi connectivity index (χ0n) is 14.2. The molecular weight excluding hydrogens is 398 g/mol. The van der Waals surface area contributed by atoms with Crippen LogP contribution < -0.4 is 4.74 Å². The van der Waals surface area contributed by atoms with Gasteiger partial charge in [-0.15, -0.1) is 0 Å². The number of likely N-dealkylation sites (tertiary alicyclic amines) is 1. The number of halogens is 1. The third-order valence-corrected chi connectivity index (χ3v) is 4.70. The number of nitrogens with zero attached hydrogens (tertiary/aromatic N) is 1. The Balaban J connectivity index is 2.15. The van der Waals surface area contributed by atoms with Crippen LogP contribution in [-0.2, 0) is 9.59 Å². The first-order chi connectivity index (χ1) is 12.6. The van der Waals surface area contributed by atoms with Gasteiger partial charge in [-0.3, -0.25) is 9.59 Å². The standard InChI is InChI=1S/C20H18BrNO4/c1-26-15-9-7-13(8-10-15)17-16(18(23)14-5-3-2-4-6-14)19(24)20(25)22(17)12-11-21/h2-10,17,23H,11-12H2,1H3. The summed E-state index contributed by atoms with van der Waals surface area (Å²) in [4.78, 5) is 26.7. The summed E-state index contributed by atoms with van der Waals surface area (Å²) in [7, 11) is 1.57. The molecule has 2 aromatic carbocycles. The molecule has 1 amide bonds. The summed E-state index contributed by atoms with van der Waals surface area (Å²) in [6.45, 7) is 0.354. The minimum absolute atomic E-state index is 0.104. The number of ether oxygens (including phenoxy) is 1. The van der Waals surface area contributed by atoms with E-state index >= 15 is 0 Å². The normalized spacial score (nSPS) is 19.0. The van der Waals surface area contributed by atoms with E-state index in [4.69, 9.17) is 4.74 Å². The molecule has 1 heterocycles. The second-order valence-corrected chi connectivity index (χ2v) is 6.61. The molecule has 2 aromatic rings. The predicted molar refractivity (Wildman–Crippen MR) is 102 cm³/mol. The van der Waals surface area contributed by atoms with E-state index < -0.39 is 17.7 Å². The number of carbonyl (C=O) groups is 2. The summed E-state index contributed by atoms with van der Waals surface area (Å²) < 4.78 is 5.18. The van der Waals surface area contributed by atoms with Crippen LogP contribution in [0.25, 0.3) is 5.76 Å². The van der Waals surface area contributed by atoms with Gasteiger partial charge < -0.3 is 14.7 Å². The van der Waals surface area contributed by atoms with Crippen molar-refractivity contribution in [1.29, 1.82) is 0 Å². The average Bonchev–Trinajstić information content (AvgIpc) is 2.93. The number of ketones is 1. The number of methoxy groups -OCH3 is 1. The van der Waals surface area contributed by atoms with E-state index in [1.54, 1.807) is 55.6 Å². The number of hydrogen-bond donors (Lipinski definition) is 1. The van der Waals surface area contributed by atoms with Gasteiger partial charge >= 0.3 is 0 Å². The molecule has 0 aliphatic carbocycles. The van der Waals surface area contributed by atoms with Crippen molar-refractivity contribution >= 4 is 33.4 Å². The molecule has 3 rings (SSSR count). The van der Waals surface area contributed by atoms with Gasteiger partial charge in [0.1, 0.15) is 11.5 Å². The molecule has 5 nitrogen and oxygen atoms in total. The van der Waals surface area contributed by atoms with Gasteiger partial charge in [0.05, 0.1) is 18.7 Å². The number of hydrogen-bond acceptors (Lipinski definition) is 4. The molecule has 1 saturated heterocycles. The van der Waals surface area contributed by atoms with E-state index in [0.717, 1.165) is 5.56 Å². The summed E-state index contributed by atoms with van der Waals surface area (Å²) in [5.74, 6) is -0.771. The minimum atomic E-state index is -0.673. The Hall–Kier alpha value is -2.60. The van der Waals surface area contributed by atoms with Crippen molar-refractivity contribution in [3.05, 3.63) is 71.3 Å². The highest BCUT2D eigenvalue weighted by molar-refractivity contribution is 9.09. The van der Waals surface area contributed by atoms with Crippen LogP contribution in [-0.4, -0.2) is 40.7 Å². The third-order valence-electron chi connectivity index (χ3n) is 4.34. The number of carbonyl (C=O) groups excluding carboxylic acids is 2. The number of benzene rings is 2. The lowest BCUT2D eigenvalue weighted by Gasteiger charge is -2.24. The van der Waals surface area contributed by atoms with Gasteiger partial charge in [0.25, 0.3) is 11.7 Å². The van der Waals surface area contributed by atoms with Crippen molar-refractivity contribution in [2.75, 3.05) is 19.0 Å². The van der Waals surface area contributed by atoms with Gasteiger partial charge in [-0.2, -0.15) is 0 Å². The number of aliphatic hydroxyl groups is 1. The Labute approximate surface area is 160 Å². The van der Waals surface area contributed by atoms with Crippen LogP contribution in [0.1, 0.15) is 17.2 Å². The second kappa shape index (κ2) is 7.74. The smallest absolute Gasteiger partial charge is 0.295 e. The molecule has 0 spiro atoms. The van der Waals surface area contributed by atoms with E-state index in [0.29, 0.717) is 23.2 Å². The zero-order chi connectivity index (χ0) is 18.7.